The van der Waals surface area contributed by atoms with Gasteiger partial charge in [0.25, 0.3) is 5.91 Å². The molecule has 7 heteroatoms. The molecule has 7 nitrogen and oxygen atoms in total. The second-order valence-electron chi connectivity index (χ2n) is 4.66. The van der Waals surface area contributed by atoms with Gasteiger partial charge in [-0.1, -0.05) is 27.7 Å². The summed E-state index contributed by atoms with van der Waals surface area (Å²) in [5, 5.41) is 2.07. The Bertz CT molecular complexity index is 410. The van der Waals surface area contributed by atoms with Crippen molar-refractivity contribution in [2.24, 2.45) is 0 Å². The number of esters is 1. The summed E-state index contributed by atoms with van der Waals surface area (Å²) in [5.41, 5.74) is 0.409. The van der Waals surface area contributed by atoms with Gasteiger partial charge in [-0.15, -0.1) is 0 Å². The molecule has 1 aliphatic rings. The van der Waals surface area contributed by atoms with Crippen molar-refractivity contribution in [1.82, 2.24) is 10.2 Å². The van der Waals surface area contributed by atoms with Crippen LogP contribution in [0.25, 0.3) is 0 Å². The van der Waals surface area contributed by atoms with E-state index in [4.69, 9.17) is 9.47 Å². The summed E-state index contributed by atoms with van der Waals surface area (Å²) in [6.07, 6.45) is 3.24. The third kappa shape index (κ3) is 9.99. The van der Waals surface area contributed by atoms with Crippen molar-refractivity contribution >= 4 is 18.3 Å². The maximum atomic E-state index is 11.4. The summed E-state index contributed by atoms with van der Waals surface area (Å²) in [6.45, 7) is 11.2. The zero-order valence-electron chi connectivity index (χ0n) is 15.9. The lowest BCUT2D eigenvalue weighted by Gasteiger charge is -2.23. The Balaban J connectivity index is 0. The van der Waals surface area contributed by atoms with Crippen LogP contribution in [0.15, 0.2) is 11.8 Å². The van der Waals surface area contributed by atoms with Gasteiger partial charge in [-0.05, 0) is 19.8 Å². The molecule has 2 atom stereocenters. The van der Waals surface area contributed by atoms with E-state index in [1.165, 1.54) is 6.92 Å². The third-order valence-electron chi connectivity index (χ3n) is 2.96. The van der Waals surface area contributed by atoms with Crippen molar-refractivity contribution in [3.05, 3.63) is 11.8 Å². The fourth-order valence-electron chi connectivity index (χ4n) is 1.93. The summed E-state index contributed by atoms with van der Waals surface area (Å²) in [7, 11) is 1.79. The highest BCUT2D eigenvalue weighted by atomic mass is 16.6. The molecule has 24 heavy (non-hydrogen) atoms. The minimum Gasteiger partial charge on any atom is -0.463 e. The van der Waals surface area contributed by atoms with Crippen molar-refractivity contribution < 1.29 is 23.9 Å². The van der Waals surface area contributed by atoms with Gasteiger partial charge < -0.3 is 14.4 Å². The number of carbonyl (C=O) groups excluding carboxylic acids is 3. The molecule has 140 valence electrons. The highest BCUT2D eigenvalue weighted by molar-refractivity contribution is 5.98. The van der Waals surface area contributed by atoms with Crippen LogP contribution in [-0.2, 0) is 23.9 Å². The smallest absolute Gasteiger partial charge is 0.302 e. The highest BCUT2D eigenvalue weighted by Crippen LogP contribution is 2.22. The number of nitrogens with one attached hydrogen (secondary N) is 1. The monoisotopic (exact) mass is 344 g/mol. The zero-order chi connectivity index (χ0) is 19.1. The normalized spacial score (nSPS) is 19.0. The fourth-order valence-corrected chi connectivity index (χ4v) is 1.93. The second kappa shape index (κ2) is 14.7. The van der Waals surface area contributed by atoms with Gasteiger partial charge in [-0.2, -0.15) is 0 Å². The lowest BCUT2D eigenvalue weighted by Crippen LogP contribution is -2.30. The predicted octanol–water partition coefficient (Wildman–Crippen LogP) is 2.22. The van der Waals surface area contributed by atoms with E-state index in [2.05, 4.69) is 5.32 Å². The van der Waals surface area contributed by atoms with Gasteiger partial charge in [0.05, 0.1) is 6.10 Å². The lowest BCUT2D eigenvalue weighted by molar-refractivity contribution is -0.146. The minimum atomic E-state index is -0.443. The molecule has 0 saturated carbocycles. The fraction of sp³-hybridized carbons (Fsp3) is 0.706. The first-order valence-electron chi connectivity index (χ1n) is 8.37. The van der Waals surface area contributed by atoms with Crippen molar-refractivity contribution in [2.45, 2.75) is 66.7 Å². The van der Waals surface area contributed by atoms with Crippen LogP contribution in [0.5, 0.6) is 0 Å². The maximum absolute atomic E-state index is 11.4. The Hall–Kier alpha value is -1.89. The van der Waals surface area contributed by atoms with E-state index in [9.17, 15) is 14.4 Å². The van der Waals surface area contributed by atoms with Crippen molar-refractivity contribution in [3.63, 3.8) is 0 Å². The van der Waals surface area contributed by atoms with Crippen LogP contribution in [0, 0.1) is 0 Å². The Morgan fingerprint density at radius 2 is 1.79 bits per heavy atom. The largest absolute Gasteiger partial charge is 0.463 e. The van der Waals surface area contributed by atoms with Crippen LogP contribution in [0.3, 0.4) is 0 Å². The zero-order valence-corrected chi connectivity index (χ0v) is 15.9. The number of hydrogen-bond acceptors (Lipinski definition) is 6. The first-order chi connectivity index (χ1) is 11.4. The van der Waals surface area contributed by atoms with E-state index in [-0.39, 0.29) is 24.9 Å². The SMILES string of the molecule is CC.CC.CC(=O)OCC1CCC(N(C)/C=C(/C)C(=O)NC=O)O1. The molecule has 1 saturated heterocycles. The minimum absolute atomic E-state index is 0.121. The average Bonchev–Trinajstić information content (AvgIpc) is 3.06. The maximum Gasteiger partial charge on any atom is 0.302 e. The van der Waals surface area contributed by atoms with Crippen LogP contribution in [-0.4, -0.2) is 49.2 Å². The molecule has 1 fully saturated rings. The van der Waals surface area contributed by atoms with Crippen LogP contribution < -0.4 is 5.32 Å². The van der Waals surface area contributed by atoms with Crippen molar-refractivity contribution in [1.29, 1.82) is 0 Å². The topological polar surface area (TPSA) is 84.9 Å². The molecular weight excluding hydrogens is 312 g/mol. The number of ether oxygens (including phenoxy) is 2. The summed E-state index contributed by atoms with van der Waals surface area (Å²) in [6, 6.07) is 0. The number of amides is 2. The molecular formula is C17H32N2O5. The molecule has 2 unspecified atom stereocenters. The molecule has 1 aliphatic heterocycles. The summed E-state index contributed by atoms with van der Waals surface area (Å²) in [5.74, 6) is -0.770. The predicted molar refractivity (Wildman–Crippen MR) is 93.0 cm³/mol. The summed E-state index contributed by atoms with van der Waals surface area (Å²) >= 11 is 0. The Morgan fingerprint density at radius 1 is 1.21 bits per heavy atom. The molecule has 0 aromatic heterocycles. The third-order valence-corrected chi connectivity index (χ3v) is 2.96. The van der Waals surface area contributed by atoms with Gasteiger partial charge >= 0.3 is 5.97 Å². The molecule has 0 aliphatic carbocycles. The highest BCUT2D eigenvalue weighted by Gasteiger charge is 2.28. The van der Waals surface area contributed by atoms with Crippen molar-refractivity contribution in [2.75, 3.05) is 13.7 Å². The lowest BCUT2D eigenvalue weighted by atomic mass is 10.2. The number of rotatable bonds is 6. The molecule has 2 amide bonds. The molecule has 0 aromatic carbocycles. The number of imide groups is 1. The Kier molecular flexibility index (Phi) is 14.9. The first-order valence-corrected chi connectivity index (χ1v) is 8.37. The molecule has 1 rings (SSSR count). The van der Waals surface area contributed by atoms with E-state index in [0.717, 1.165) is 12.8 Å². The van der Waals surface area contributed by atoms with Crippen molar-refractivity contribution in [3.8, 4) is 0 Å². The van der Waals surface area contributed by atoms with Gasteiger partial charge in [0.1, 0.15) is 12.8 Å². The number of hydrogen-bond donors (Lipinski definition) is 1. The van der Waals surface area contributed by atoms with Crippen LogP contribution in [0.4, 0.5) is 0 Å². The molecule has 0 bridgehead atoms. The van der Waals surface area contributed by atoms with E-state index in [1.54, 1.807) is 25.1 Å². The summed E-state index contributed by atoms with van der Waals surface area (Å²) in [4.78, 5) is 34.1. The van der Waals surface area contributed by atoms with Crippen LogP contribution in [0.1, 0.15) is 54.4 Å². The second-order valence-corrected chi connectivity index (χ2v) is 4.66. The number of nitrogens with zero attached hydrogens (tertiary/aromatic N) is 1. The van der Waals surface area contributed by atoms with E-state index >= 15 is 0 Å². The quantitative estimate of drug-likeness (QED) is 0.452. The average molecular weight is 344 g/mol. The Morgan fingerprint density at radius 3 is 2.29 bits per heavy atom. The molecule has 0 aromatic rings. The Labute approximate surface area is 145 Å². The van der Waals surface area contributed by atoms with Gasteiger partial charge in [-0.3, -0.25) is 19.7 Å². The van der Waals surface area contributed by atoms with E-state index < -0.39 is 5.91 Å². The molecule has 1 heterocycles. The van der Waals surface area contributed by atoms with E-state index in [0.29, 0.717) is 12.0 Å². The standard InChI is InChI=1S/C13H20N2O5.2C2H6/c1-9(13(18)14-8-16)6-15(3)12-5-4-11(20-12)7-19-10(2)17;2*1-2/h6,8,11-12H,4-5,7H2,1-3H3,(H,14,16,18);2*1-2H3/b9-6-;;. The van der Waals surface area contributed by atoms with Gasteiger partial charge in [0, 0.05) is 25.7 Å². The van der Waals surface area contributed by atoms with Gasteiger partial charge in [0.2, 0.25) is 6.41 Å². The van der Waals surface area contributed by atoms with Gasteiger partial charge in [-0.25, -0.2) is 0 Å². The first kappa shape index (κ1) is 24.4. The molecule has 0 spiro atoms. The molecule has 1 N–H and O–H groups in total. The molecule has 0 radical (unpaired) electrons. The number of carbonyl (C=O) groups is 3. The summed E-state index contributed by atoms with van der Waals surface area (Å²) < 4.78 is 10.6. The van der Waals surface area contributed by atoms with Crippen LogP contribution >= 0.6 is 0 Å². The van der Waals surface area contributed by atoms with Gasteiger partial charge in [0.15, 0.2) is 0 Å². The van der Waals surface area contributed by atoms with E-state index in [1.807, 2.05) is 27.7 Å². The van der Waals surface area contributed by atoms with Crippen LogP contribution in [0.2, 0.25) is 0 Å².